The van der Waals surface area contributed by atoms with Gasteiger partial charge in [-0.1, -0.05) is 12.1 Å². The summed E-state index contributed by atoms with van der Waals surface area (Å²) < 4.78 is 37.2. The first-order chi connectivity index (χ1) is 16.7. The highest BCUT2D eigenvalue weighted by Gasteiger charge is 2.46. The van der Waals surface area contributed by atoms with Gasteiger partial charge >= 0.3 is 0 Å². The van der Waals surface area contributed by atoms with Crippen LogP contribution in [0.25, 0.3) is 11.3 Å². The minimum atomic E-state index is -3.48. The van der Waals surface area contributed by atoms with Crippen LogP contribution in [0.3, 0.4) is 0 Å². The third-order valence-electron chi connectivity index (χ3n) is 7.06. The number of nitrogens with one attached hydrogen (secondary N) is 1. The molecule has 1 saturated heterocycles. The van der Waals surface area contributed by atoms with E-state index in [0.29, 0.717) is 31.5 Å². The lowest BCUT2D eigenvalue weighted by Crippen LogP contribution is -2.49. The Labute approximate surface area is 205 Å². The maximum atomic E-state index is 13.4. The molecule has 1 amide bonds. The molecule has 1 fully saturated rings. The number of carbonyl (C=O) groups is 1. The lowest BCUT2D eigenvalue weighted by atomic mass is 9.79. The molecule has 2 aromatic carbocycles. The van der Waals surface area contributed by atoms with Crippen molar-refractivity contribution in [3.8, 4) is 22.8 Å². The van der Waals surface area contributed by atoms with Crippen LogP contribution in [-0.4, -0.2) is 54.9 Å². The van der Waals surface area contributed by atoms with Gasteiger partial charge in [0.15, 0.2) is 9.84 Å². The van der Waals surface area contributed by atoms with Crippen molar-refractivity contribution in [2.75, 3.05) is 20.2 Å². The molecule has 9 heteroatoms. The summed E-state index contributed by atoms with van der Waals surface area (Å²) in [4.78, 5) is 15.4. The van der Waals surface area contributed by atoms with E-state index in [1.54, 1.807) is 24.8 Å². The Kier molecular flexibility index (Phi) is 5.62. The summed E-state index contributed by atoms with van der Waals surface area (Å²) in [6.07, 6.45) is 1.23. The number of fused-ring (bicyclic) bond motifs is 4. The van der Waals surface area contributed by atoms with Crippen molar-refractivity contribution in [3.63, 3.8) is 0 Å². The number of piperidine rings is 1. The number of hydrogen-bond donors (Lipinski definition) is 1. The summed E-state index contributed by atoms with van der Waals surface area (Å²) in [7, 11) is -2.03. The fraction of sp³-hybridized carbons (Fsp3) is 0.385. The first-order valence-electron chi connectivity index (χ1n) is 11.7. The molecule has 0 bridgehead atoms. The Morgan fingerprint density at radius 2 is 1.89 bits per heavy atom. The number of sulfone groups is 1. The zero-order valence-corrected chi connectivity index (χ0v) is 21.1. The zero-order valence-electron chi connectivity index (χ0n) is 20.3. The van der Waals surface area contributed by atoms with Crippen LogP contribution in [0, 0.1) is 6.92 Å². The number of rotatable bonds is 4. The van der Waals surface area contributed by atoms with Gasteiger partial charge in [-0.05, 0) is 51.1 Å². The van der Waals surface area contributed by atoms with Crippen LogP contribution < -0.4 is 9.47 Å². The Hall–Kier alpha value is -3.33. The van der Waals surface area contributed by atoms with Crippen molar-refractivity contribution < 1.29 is 22.7 Å². The van der Waals surface area contributed by atoms with E-state index in [-0.39, 0.29) is 16.6 Å². The van der Waals surface area contributed by atoms with Gasteiger partial charge in [-0.15, -0.1) is 0 Å². The minimum Gasteiger partial charge on any atom is -0.496 e. The Bertz CT molecular complexity index is 1400. The SMILES string of the molecule is COc1cc(S(=O)(=O)C(C)C)ccc1C(=O)N1CCC2(CC1)Oc1ccccc1-c1n[nH]c(C)c12. The first kappa shape index (κ1) is 23.4. The van der Waals surface area contributed by atoms with Gasteiger partial charge in [0.1, 0.15) is 22.8 Å². The molecule has 5 rings (SSSR count). The lowest BCUT2D eigenvalue weighted by molar-refractivity contribution is -0.00209. The van der Waals surface area contributed by atoms with E-state index in [0.717, 1.165) is 28.3 Å². The molecule has 0 aliphatic carbocycles. The summed E-state index contributed by atoms with van der Waals surface area (Å²) in [5.41, 5.74) is 3.70. The average molecular weight is 496 g/mol. The van der Waals surface area contributed by atoms with Gasteiger partial charge in [-0.2, -0.15) is 5.10 Å². The molecule has 2 aliphatic rings. The van der Waals surface area contributed by atoms with Crippen LogP contribution in [0.15, 0.2) is 47.4 Å². The molecular formula is C26H29N3O5S. The molecule has 0 radical (unpaired) electrons. The standard InChI is InChI=1S/C26H29N3O5S/c1-16(2)35(31,32)18-9-10-20(22(15-18)33-4)25(30)29-13-11-26(12-14-29)23-17(3)27-28-24(23)19-7-5-6-8-21(19)34-26/h5-10,15-16H,11-14H2,1-4H3,(H,27,28). The van der Waals surface area contributed by atoms with E-state index >= 15 is 0 Å². The fourth-order valence-corrected chi connectivity index (χ4v) is 6.16. The highest BCUT2D eigenvalue weighted by atomic mass is 32.2. The summed E-state index contributed by atoms with van der Waals surface area (Å²) in [6.45, 7) is 6.23. The zero-order chi connectivity index (χ0) is 25.0. The van der Waals surface area contributed by atoms with Crippen LogP contribution in [0.1, 0.15) is 48.3 Å². The second kappa shape index (κ2) is 8.41. The summed E-state index contributed by atoms with van der Waals surface area (Å²) in [5, 5.41) is 7.11. The molecule has 0 unspecified atom stereocenters. The monoisotopic (exact) mass is 495 g/mol. The van der Waals surface area contributed by atoms with E-state index in [1.807, 2.05) is 31.2 Å². The van der Waals surface area contributed by atoms with Crippen molar-refractivity contribution in [2.24, 2.45) is 0 Å². The molecule has 184 valence electrons. The van der Waals surface area contributed by atoms with Crippen LogP contribution in [0.5, 0.6) is 11.5 Å². The number of aromatic amines is 1. The highest BCUT2D eigenvalue weighted by Crippen LogP contribution is 2.50. The molecule has 3 aromatic rings. The van der Waals surface area contributed by atoms with Crippen molar-refractivity contribution in [1.82, 2.24) is 15.1 Å². The second-order valence-electron chi connectivity index (χ2n) is 9.41. The summed E-state index contributed by atoms with van der Waals surface area (Å²) >= 11 is 0. The first-order valence-corrected chi connectivity index (χ1v) is 13.3. The number of hydrogen-bond acceptors (Lipinski definition) is 6. The van der Waals surface area contributed by atoms with Crippen LogP contribution in [0.4, 0.5) is 0 Å². The number of para-hydroxylation sites is 1. The number of aryl methyl sites for hydroxylation is 1. The van der Waals surface area contributed by atoms with E-state index < -0.39 is 20.7 Å². The number of aromatic nitrogens is 2. The van der Waals surface area contributed by atoms with Gasteiger partial charge in [0.05, 0.1) is 22.8 Å². The normalized spacial score (nSPS) is 16.5. The molecule has 1 N–H and O–H groups in total. The molecule has 8 nitrogen and oxygen atoms in total. The number of methoxy groups -OCH3 is 1. The second-order valence-corrected chi connectivity index (χ2v) is 11.9. The molecule has 2 aliphatic heterocycles. The number of H-pyrrole nitrogens is 1. The molecular weight excluding hydrogens is 466 g/mol. The number of ether oxygens (including phenoxy) is 2. The number of nitrogens with zero attached hydrogens (tertiary/aromatic N) is 2. The van der Waals surface area contributed by atoms with Gasteiger partial charge in [0.25, 0.3) is 5.91 Å². The van der Waals surface area contributed by atoms with Gasteiger partial charge in [0.2, 0.25) is 0 Å². The van der Waals surface area contributed by atoms with Crippen molar-refractivity contribution in [1.29, 1.82) is 0 Å². The lowest BCUT2D eigenvalue weighted by Gasteiger charge is -2.44. The Morgan fingerprint density at radius 1 is 1.17 bits per heavy atom. The summed E-state index contributed by atoms with van der Waals surface area (Å²) in [6, 6.07) is 12.4. The van der Waals surface area contributed by atoms with Crippen molar-refractivity contribution in [2.45, 2.75) is 49.4 Å². The third-order valence-corrected chi connectivity index (χ3v) is 9.21. The Morgan fingerprint density at radius 3 is 2.57 bits per heavy atom. The predicted molar refractivity (Wildman–Crippen MR) is 132 cm³/mol. The number of benzene rings is 2. The Balaban J connectivity index is 1.41. The molecule has 3 heterocycles. The molecule has 0 saturated carbocycles. The largest absolute Gasteiger partial charge is 0.496 e. The minimum absolute atomic E-state index is 0.149. The third kappa shape index (κ3) is 3.69. The number of likely N-dealkylation sites (tertiary alicyclic amines) is 1. The van der Waals surface area contributed by atoms with Crippen LogP contribution in [-0.2, 0) is 15.4 Å². The van der Waals surface area contributed by atoms with Crippen molar-refractivity contribution in [3.05, 3.63) is 59.3 Å². The quantitative estimate of drug-likeness (QED) is 0.585. The smallest absolute Gasteiger partial charge is 0.257 e. The topological polar surface area (TPSA) is 102 Å². The van der Waals surface area contributed by atoms with Gasteiger partial charge in [0, 0.05) is 42.8 Å². The molecule has 0 atom stereocenters. The number of carbonyl (C=O) groups excluding carboxylic acids is 1. The van der Waals surface area contributed by atoms with Crippen LogP contribution >= 0.6 is 0 Å². The molecule has 35 heavy (non-hydrogen) atoms. The van der Waals surface area contributed by atoms with E-state index in [2.05, 4.69) is 10.2 Å². The average Bonchev–Trinajstić information content (AvgIpc) is 3.26. The molecule has 1 spiro atoms. The van der Waals surface area contributed by atoms with Crippen LogP contribution in [0.2, 0.25) is 0 Å². The highest BCUT2D eigenvalue weighted by molar-refractivity contribution is 7.92. The van der Waals surface area contributed by atoms with E-state index in [9.17, 15) is 13.2 Å². The maximum Gasteiger partial charge on any atom is 0.257 e. The van der Waals surface area contributed by atoms with E-state index in [1.165, 1.54) is 19.2 Å². The predicted octanol–water partition coefficient (Wildman–Crippen LogP) is 4.10. The van der Waals surface area contributed by atoms with Gasteiger partial charge in [-0.3, -0.25) is 9.89 Å². The number of amides is 1. The molecule has 1 aromatic heterocycles. The fourth-order valence-electron chi connectivity index (χ4n) is 5.09. The van der Waals surface area contributed by atoms with Gasteiger partial charge in [-0.25, -0.2) is 8.42 Å². The van der Waals surface area contributed by atoms with Gasteiger partial charge < -0.3 is 14.4 Å². The van der Waals surface area contributed by atoms with E-state index in [4.69, 9.17) is 9.47 Å². The summed E-state index contributed by atoms with van der Waals surface area (Å²) in [5.74, 6) is 0.869. The maximum absolute atomic E-state index is 13.4. The van der Waals surface area contributed by atoms with Crippen molar-refractivity contribution >= 4 is 15.7 Å².